The Labute approximate surface area is 207 Å². The predicted molar refractivity (Wildman–Crippen MR) is 138 cm³/mol. The van der Waals surface area contributed by atoms with E-state index in [0.29, 0.717) is 47.6 Å². The highest BCUT2D eigenvalue weighted by molar-refractivity contribution is 6.22. The summed E-state index contributed by atoms with van der Waals surface area (Å²) in [5.74, 6) is -0.362. The third-order valence-corrected chi connectivity index (χ3v) is 5.55. The molecule has 0 aliphatic rings. The Hall–Kier alpha value is -4.50. The smallest absolute Gasteiger partial charge is 0.307 e. The van der Waals surface area contributed by atoms with Gasteiger partial charge in [0.25, 0.3) is 5.69 Å². The topological polar surface area (TPSA) is 130 Å². The lowest BCUT2D eigenvalue weighted by molar-refractivity contribution is -0.384. The fourth-order valence-electron chi connectivity index (χ4n) is 3.90. The number of ether oxygens (including phenoxy) is 1. The van der Waals surface area contributed by atoms with Gasteiger partial charge in [-0.05, 0) is 30.7 Å². The number of esters is 1. The minimum atomic E-state index is -0.467. The van der Waals surface area contributed by atoms with Crippen LogP contribution in [-0.2, 0) is 16.1 Å². The summed E-state index contributed by atoms with van der Waals surface area (Å²) in [6.07, 6.45) is 0.288. The first-order valence-corrected chi connectivity index (χ1v) is 11.5. The van der Waals surface area contributed by atoms with E-state index in [1.165, 1.54) is 12.1 Å². The number of nitro benzene ring substituents is 1. The number of rotatable bonds is 10. The van der Waals surface area contributed by atoms with E-state index in [9.17, 15) is 20.0 Å². The van der Waals surface area contributed by atoms with Gasteiger partial charge in [-0.1, -0.05) is 42.5 Å². The number of non-ortho nitro benzene ring substituents is 1. The molecule has 36 heavy (non-hydrogen) atoms. The van der Waals surface area contributed by atoms with Crippen LogP contribution in [-0.4, -0.2) is 39.8 Å². The molecule has 9 nitrogen and oxygen atoms in total. The maximum Gasteiger partial charge on any atom is 0.307 e. The zero-order valence-electron chi connectivity index (χ0n) is 19.7. The first kappa shape index (κ1) is 24.6. The fraction of sp³-hybridized carbons (Fsp3) is 0.185. The lowest BCUT2D eigenvalue weighted by Crippen LogP contribution is -2.19. The summed E-state index contributed by atoms with van der Waals surface area (Å²) in [6, 6.07) is 21.3. The van der Waals surface area contributed by atoms with Gasteiger partial charge in [-0.15, -0.1) is 0 Å². The van der Waals surface area contributed by atoms with Crippen molar-refractivity contribution in [2.24, 2.45) is 4.99 Å². The highest BCUT2D eigenvalue weighted by Crippen LogP contribution is 2.33. The number of nitrogens with zero attached hydrogens (tertiary/aromatic N) is 2. The SMILES string of the molecule is CCOC(=O)CCNCc1cccc(N=C(c2ccccc2)c2c(O)[nH]c3ccc([N+](=O)[O-])cc23)c1. The van der Waals surface area contributed by atoms with E-state index in [1.54, 1.807) is 13.0 Å². The number of aromatic amines is 1. The van der Waals surface area contributed by atoms with Gasteiger partial charge in [0.2, 0.25) is 0 Å². The summed E-state index contributed by atoms with van der Waals surface area (Å²) in [4.78, 5) is 30.2. The van der Waals surface area contributed by atoms with Gasteiger partial charge in [0.15, 0.2) is 5.88 Å². The van der Waals surface area contributed by atoms with Crippen molar-refractivity contribution in [3.05, 3.63) is 99.6 Å². The monoisotopic (exact) mass is 486 g/mol. The Kier molecular flexibility index (Phi) is 7.72. The van der Waals surface area contributed by atoms with Crippen molar-refractivity contribution < 1.29 is 19.6 Å². The minimum absolute atomic E-state index is 0.0777. The van der Waals surface area contributed by atoms with Crippen molar-refractivity contribution in [1.29, 1.82) is 0 Å². The molecule has 0 aliphatic heterocycles. The summed E-state index contributed by atoms with van der Waals surface area (Å²) in [5, 5.41) is 25.9. The number of fused-ring (bicyclic) bond motifs is 1. The van der Waals surface area contributed by atoms with Gasteiger partial charge in [-0.3, -0.25) is 14.9 Å². The quantitative estimate of drug-likeness (QED) is 0.0951. The Bertz CT molecular complexity index is 1410. The van der Waals surface area contributed by atoms with Crippen LogP contribution in [0, 0.1) is 10.1 Å². The van der Waals surface area contributed by atoms with Crippen LogP contribution in [0.1, 0.15) is 30.0 Å². The lowest BCUT2D eigenvalue weighted by atomic mass is 10.0. The molecule has 9 heteroatoms. The molecule has 0 saturated carbocycles. The van der Waals surface area contributed by atoms with Gasteiger partial charge >= 0.3 is 5.97 Å². The number of benzene rings is 3. The number of carbonyl (C=O) groups is 1. The Balaban J connectivity index is 1.69. The van der Waals surface area contributed by atoms with Crippen molar-refractivity contribution in [2.75, 3.05) is 13.2 Å². The number of nitro groups is 1. The maximum atomic E-state index is 11.5. The predicted octanol–water partition coefficient (Wildman–Crippen LogP) is 4.99. The second kappa shape index (κ2) is 11.3. The molecule has 4 rings (SSSR count). The largest absolute Gasteiger partial charge is 0.494 e. The summed E-state index contributed by atoms with van der Waals surface area (Å²) in [7, 11) is 0. The van der Waals surface area contributed by atoms with Gasteiger partial charge in [0.05, 0.1) is 34.9 Å². The second-order valence-corrected chi connectivity index (χ2v) is 8.06. The summed E-state index contributed by atoms with van der Waals surface area (Å²) >= 11 is 0. The van der Waals surface area contributed by atoms with Gasteiger partial charge in [-0.2, -0.15) is 0 Å². The van der Waals surface area contributed by atoms with Crippen molar-refractivity contribution in [1.82, 2.24) is 10.3 Å². The van der Waals surface area contributed by atoms with E-state index in [4.69, 9.17) is 9.73 Å². The molecule has 1 aromatic heterocycles. The normalized spacial score (nSPS) is 11.5. The third kappa shape index (κ3) is 5.76. The molecule has 1 heterocycles. The van der Waals surface area contributed by atoms with Crippen LogP contribution in [0.5, 0.6) is 5.88 Å². The number of nitrogens with one attached hydrogen (secondary N) is 2. The van der Waals surface area contributed by atoms with Gasteiger partial charge in [0.1, 0.15) is 0 Å². The van der Waals surface area contributed by atoms with Crippen LogP contribution >= 0.6 is 0 Å². The molecule has 0 aliphatic carbocycles. The molecule has 3 N–H and O–H groups in total. The van der Waals surface area contributed by atoms with Gasteiger partial charge < -0.3 is 20.1 Å². The third-order valence-electron chi connectivity index (χ3n) is 5.55. The maximum absolute atomic E-state index is 11.5. The molecule has 4 aromatic rings. The van der Waals surface area contributed by atoms with Crippen LogP contribution in [0.3, 0.4) is 0 Å². The van der Waals surface area contributed by atoms with Crippen LogP contribution in [0.15, 0.2) is 77.8 Å². The summed E-state index contributed by atoms with van der Waals surface area (Å²) in [6.45, 7) is 3.16. The average Bonchev–Trinajstić information content (AvgIpc) is 3.21. The molecule has 0 unspecified atom stereocenters. The van der Waals surface area contributed by atoms with E-state index in [2.05, 4.69) is 10.3 Å². The number of H-pyrrole nitrogens is 1. The summed E-state index contributed by atoms with van der Waals surface area (Å²) in [5.41, 5.74) is 3.72. The Morgan fingerprint density at radius 1 is 1.11 bits per heavy atom. The summed E-state index contributed by atoms with van der Waals surface area (Å²) < 4.78 is 4.94. The number of aromatic hydroxyl groups is 1. The van der Waals surface area contributed by atoms with Gasteiger partial charge in [-0.25, -0.2) is 4.99 Å². The molecule has 3 aromatic carbocycles. The lowest BCUT2D eigenvalue weighted by Gasteiger charge is -2.09. The van der Waals surface area contributed by atoms with Crippen LogP contribution < -0.4 is 5.32 Å². The molecule has 0 bridgehead atoms. The number of hydrogen-bond acceptors (Lipinski definition) is 7. The fourth-order valence-corrected chi connectivity index (χ4v) is 3.90. The first-order valence-electron chi connectivity index (χ1n) is 11.5. The molecule has 0 fully saturated rings. The average molecular weight is 487 g/mol. The first-order chi connectivity index (χ1) is 17.5. The number of aliphatic imine (C=N–C) groups is 1. The van der Waals surface area contributed by atoms with Crippen molar-refractivity contribution in [3.63, 3.8) is 0 Å². The molecule has 0 spiro atoms. The number of aromatic nitrogens is 1. The molecular formula is C27H26N4O5. The standard InChI is InChI=1S/C27H26N4O5/c1-2-36-24(32)13-14-28-17-18-7-6-10-20(15-18)29-26(19-8-4-3-5-9-19)25-22-16-21(31(34)35)11-12-23(22)30-27(25)33/h3-12,15-16,28,30,33H,2,13-14,17H2,1H3. The molecule has 0 radical (unpaired) electrons. The molecule has 184 valence electrons. The highest BCUT2D eigenvalue weighted by atomic mass is 16.6. The zero-order chi connectivity index (χ0) is 25.5. The molecule has 0 atom stereocenters. The van der Waals surface area contributed by atoms with E-state index >= 15 is 0 Å². The van der Waals surface area contributed by atoms with E-state index < -0.39 is 4.92 Å². The minimum Gasteiger partial charge on any atom is -0.494 e. The zero-order valence-corrected chi connectivity index (χ0v) is 19.7. The Morgan fingerprint density at radius 3 is 2.67 bits per heavy atom. The van der Waals surface area contributed by atoms with Crippen molar-refractivity contribution >= 4 is 34.0 Å². The van der Waals surface area contributed by atoms with Crippen molar-refractivity contribution in [2.45, 2.75) is 19.9 Å². The van der Waals surface area contributed by atoms with Crippen LogP contribution in [0.4, 0.5) is 11.4 Å². The number of hydrogen-bond donors (Lipinski definition) is 3. The van der Waals surface area contributed by atoms with Gasteiger partial charge in [0, 0.05) is 41.7 Å². The second-order valence-electron chi connectivity index (χ2n) is 8.06. The van der Waals surface area contributed by atoms with Crippen molar-refractivity contribution in [3.8, 4) is 5.88 Å². The van der Waals surface area contributed by atoms with Crippen LogP contribution in [0.25, 0.3) is 10.9 Å². The van der Waals surface area contributed by atoms with Crippen LogP contribution in [0.2, 0.25) is 0 Å². The molecule has 0 saturated heterocycles. The molecular weight excluding hydrogens is 460 g/mol. The highest BCUT2D eigenvalue weighted by Gasteiger charge is 2.21. The van der Waals surface area contributed by atoms with E-state index in [1.807, 2.05) is 54.6 Å². The number of carbonyl (C=O) groups excluding carboxylic acids is 1. The Morgan fingerprint density at radius 2 is 1.92 bits per heavy atom. The van der Waals surface area contributed by atoms with E-state index in [-0.39, 0.29) is 24.0 Å². The van der Waals surface area contributed by atoms with E-state index in [0.717, 1.165) is 11.1 Å². The molecule has 0 amide bonds.